The number of nitrogens with one attached hydrogen (secondary N) is 2. The minimum Gasteiger partial charge on any atom is -0.337 e. The molecule has 3 heterocycles. The Morgan fingerprint density at radius 3 is 2.61 bits per heavy atom. The number of rotatable bonds is 4. The second-order valence-corrected chi connectivity index (χ2v) is 7.82. The summed E-state index contributed by atoms with van der Waals surface area (Å²) in [5.74, 6) is -2.53. The van der Waals surface area contributed by atoms with Gasteiger partial charge in [0.2, 0.25) is 0 Å². The second kappa shape index (κ2) is 8.42. The van der Waals surface area contributed by atoms with Gasteiger partial charge < -0.3 is 10.2 Å². The van der Waals surface area contributed by atoms with Crippen molar-refractivity contribution in [3.8, 4) is 11.1 Å². The summed E-state index contributed by atoms with van der Waals surface area (Å²) in [5.41, 5.74) is 1.91. The summed E-state index contributed by atoms with van der Waals surface area (Å²) >= 11 is 0. The standard InChI is InChI=1S/C24H19F2N5O2/c25-18-5-3-4-16(21(18)26)14-6-8-19-17(12-14)22(30-29-19)23(32)28-15-7-9-20(27-13-15)24(33)31-10-1-2-11-31/h3-9,12-13H,1-2,10-11H2,(H,28,32)(H,29,30). The highest BCUT2D eigenvalue weighted by Crippen LogP contribution is 2.28. The fourth-order valence-electron chi connectivity index (χ4n) is 3.95. The van der Waals surface area contributed by atoms with E-state index in [1.807, 2.05) is 0 Å². The average molecular weight is 447 g/mol. The zero-order valence-electron chi connectivity index (χ0n) is 17.4. The molecule has 7 nitrogen and oxygen atoms in total. The van der Waals surface area contributed by atoms with E-state index in [0.717, 1.165) is 32.0 Å². The monoisotopic (exact) mass is 447 g/mol. The van der Waals surface area contributed by atoms with Crippen molar-refractivity contribution in [2.75, 3.05) is 18.4 Å². The van der Waals surface area contributed by atoms with Crippen LogP contribution in [0.15, 0.2) is 54.7 Å². The van der Waals surface area contributed by atoms with Gasteiger partial charge in [0, 0.05) is 24.0 Å². The van der Waals surface area contributed by atoms with Crippen molar-refractivity contribution in [1.29, 1.82) is 0 Å². The molecule has 5 rings (SSSR count). The molecule has 2 aromatic heterocycles. The Balaban J connectivity index is 1.38. The lowest BCUT2D eigenvalue weighted by molar-refractivity contribution is 0.0787. The molecule has 0 aliphatic carbocycles. The van der Waals surface area contributed by atoms with Crippen molar-refractivity contribution in [3.63, 3.8) is 0 Å². The predicted octanol–water partition coefficient (Wildman–Crippen LogP) is 4.39. The van der Waals surface area contributed by atoms with E-state index in [1.54, 1.807) is 35.2 Å². The maximum Gasteiger partial charge on any atom is 0.276 e. The first-order valence-electron chi connectivity index (χ1n) is 10.5. The van der Waals surface area contributed by atoms with Crippen LogP contribution in [0.25, 0.3) is 22.0 Å². The van der Waals surface area contributed by atoms with Crippen LogP contribution in [0, 0.1) is 11.6 Å². The molecule has 1 aliphatic rings. The van der Waals surface area contributed by atoms with Crippen molar-refractivity contribution >= 4 is 28.4 Å². The van der Waals surface area contributed by atoms with Crippen LogP contribution < -0.4 is 5.32 Å². The molecule has 0 saturated carbocycles. The molecule has 2 N–H and O–H groups in total. The van der Waals surface area contributed by atoms with Crippen LogP contribution in [0.1, 0.15) is 33.8 Å². The number of benzene rings is 2. The minimum atomic E-state index is -0.957. The number of carbonyl (C=O) groups excluding carboxylic acids is 2. The molecule has 0 bridgehead atoms. The topological polar surface area (TPSA) is 91.0 Å². The van der Waals surface area contributed by atoms with Gasteiger partial charge in [-0.1, -0.05) is 18.2 Å². The van der Waals surface area contributed by atoms with E-state index in [9.17, 15) is 18.4 Å². The highest BCUT2D eigenvalue weighted by atomic mass is 19.2. The van der Waals surface area contributed by atoms with Gasteiger partial charge in [-0.25, -0.2) is 13.8 Å². The number of likely N-dealkylation sites (tertiary alicyclic amines) is 1. The van der Waals surface area contributed by atoms with Gasteiger partial charge >= 0.3 is 0 Å². The molecule has 0 unspecified atom stereocenters. The number of aromatic amines is 1. The van der Waals surface area contributed by atoms with Crippen LogP contribution >= 0.6 is 0 Å². The number of halogens is 2. The van der Waals surface area contributed by atoms with Gasteiger partial charge in [-0.05, 0) is 48.7 Å². The fourth-order valence-corrected chi connectivity index (χ4v) is 3.95. The Hall–Kier alpha value is -4.14. The van der Waals surface area contributed by atoms with E-state index >= 15 is 0 Å². The minimum absolute atomic E-state index is 0.0897. The van der Waals surface area contributed by atoms with Crippen LogP contribution in [0.4, 0.5) is 14.5 Å². The molecule has 0 atom stereocenters. The number of H-pyrrole nitrogens is 1. The van der Waals surface area contributed by atoms with E-state index < -0.39 is 17.5 Å². The molecule has 9 heteroatoms. The SMILES string of the molecule is O=C(Nc1ccc(C(=O)N2CCCC2)nc1)c1n[nH]c2ccc(-c3cccc(F)c3F)cc12. The number of hydrogen-bond acceptors (Lipinski definition) is 4. The highest BCUT2D eigenvalue weighted by Gasteiger charge is 2.21. The van der Waals surface area contributed by atoms with Crippen LogP contribution in [-0.2, 0) is 0 Å². The molecule has 1 saturated heterocycles. The number of amides is 2. The Morgan fingerprint density at radius 1 is 1.03 bits per heavy atom. The van der Waals surface area contributed by atoms with Gasteiger partial charge in [-0.15, -0.1) is 0 Å². The average Bonchev–Trinajstić information content (AvgIpc) is 3.51. The van der Waals surface area contributed by atoms with E-state index in [1.165, 1.54) is 18.3 Å². The van der Waals surface area contributed by atoms with Gasteiger partial charge in [0.1, 0.15) is 5.69 Å². The van der Waals surface area contributed by atoms with E-state index in [2.05, 4.69) is 20.5 Å². The summed E-state index contributed by atoms with van der Waals surface area (Å²) in [6.07, 6.45) is 3.40. The number of carbonyl (C=O) groups is 2. The Labute approximate surface area is 187 Å². The van der Waals surface area contributed by atoms with Crippen LogP contribution in [-0.4, -0.2) is 45.0 Å². The third-order valence-corrected chi connectivity index (χ3v) is 5.67. The molecular formula is C24H19F2N5O2. The van der Waals surface area contributed by atoms with Crippen molar-refractivity contribution in [1.82, 2.24) is 20.1 Å². The number of anilines is 1. The second-order valence-electron chi connectivity index (χ2n) is 7.82. The summed E-state index contributed by atoms with van der Waals surface area (Å²) in [4.78, 5) is 31.2. The van der Waals surface area contributed by atoms with Crippen molar-refractivity contribution in [2.24, 2.45) is 0 Å². The number of fused-ring (bicyclic) bond motifs is 1. The lowest BCUT2D eigenvalue weighted by atomic mass is 10.0. The number of pyridine rings is 1. The molecule has 2 amide bonds. The highest BCUT2D eigenvalue weighted by molar-refractivity contribution is 6.11. The van der Waals surface area contributed by atoms with Gasteiger partial charge in [-0.3, -0.25) is 14.7 Å². The number of hydrogen-bond donors (Lipinski definition) is 2. The molecular weight excluding hydrogens is 428 g/mol. The fraction of sp³-hybridized carbons (Fsp3) is 0.167. The van der Waals surface area contributed by atoms with Crippen molar-refractivity contribution in [3.05, 3.63) is 77.8 Å². The summed E-state index contributed by atoms with van der Waals surface area (Å²) in [6.45, 7) is 1.46. The van der Waals surface area contributed by atoms with Gasteiger partial charge in [0.25, 0.3) is 11.8 Å². The number of aromatic nitrogens is 3. The summed E-state index contributed by atoms with van der Waals surface area (Å²) in [5, 5.41) is 10.0. The van der Waals surface area contributed by atoms with Gasteiger partial charge in [0.05, 0.1) is 17.4 Å². The molecule has 1 aliphatic heterocycles. The number of nitrogens with zero attached hydrogens (tertiary/aromatic N) is 3. The third kappa shape index (κ3) is 3.93. The first kappa shape index (κ1) is 20.7. The van der Waals surface area contributed by atoms with Crippen LogP contribution in [0.3, 0.4) is 0 Å². The van der Waals surface area contributed by atoms with E-state index in [-0.39, 0.29) is 17.2 Å². The van der Waals surface area contributed by atoms with Gasteiger partial charge in [-0.2, -0.15) is 5.10 Å². The molecule has 166 valence electrons. The normalized spacial score (nSPS) is 13.5. The van der Waals surface area contributed by atoms with Crippen molar-refractivity contribution < 1.29 is 18.4 Å². The Bertz CT molecular complexity index is 1360. The van der Waals surface area contributed by atoms with E-state index in [0.29, 0.717) is 27.8 Å². The molecule has 1 fully saturated rings. The predicted molar refractivity (Wildman–Crippen MR) is 119 cm³/mol. The smallest absolute Gasteiger partial charge is 0.276 e. The Kier molecular flexibility index (Phi) is 5.29. The van der Waals surface area contributed by atoms with Crippen LogP contribution in [0.5, 0.6) is 0 Å². The van der Waals surface area contributed by atoms with Crippen molar-refractivity contribution in [2.45, 2.75) is 12.8 Å². The molecule has 4 aromatic rings. The quantitative estimate of drug-likeness (QED) is 0.485. The summed E-state index contributed by atoms with van der Waals surface area (Å²) in [7, 11) is 0. The molecule has 0 radical (unpaired) electrons. The lowest BCUT2D eigenvalue weighted by Gasteiger charge is -2.14. The maximum atomic E-state index is 14.2. The Morgan fingerprint density at radius 2 is 1.85 bits per heavy atom. The largest absolute Gasteiger partial charge is 0.337 e. The first-order chi connectivity index (χ1) is 16.0. The maximum absolute atomic E-state index is 14.2. The van der Waals surface area contributed by atoms with Gasteiger partial charge in [0.15, 0.2) is 17.3 Å². The lowest BCUT2D eigenvalue weighted by Crippen LogP contribution is -2.28. The molecule has 33 heavy (non-hydrogen) atoms. The van der Waals surface area contributed by atoms with E-state index in [4.69, 9.17) is 0 Å². The molecule has 0 spiro atoms. The zero-order chi connectivity index (χ0) is 22.9. The van der Waals surface area contributed by atoms with Crippen LogP contribution in [0.2, 0.25) is 0 Å². The zero-order valence-corrected chi connectivity index (χ0v) is 17.4. The first-order valence-corrected chi connectivity index (χ1v) is 10.5. The summed E-state index contributed by atoms with van der Waals surface area (Å²) < 4.78 is 27.9. The third-order valence-electron chi connectivity index (χ3n) is 5.67. The molecule has 2 aromatic carbocycles. The summed E-state index contributed by atoms with van der Waals surface area (Å²) in [6, 6.07) is 12.0.